The summed E-state index contributed by atoms with van der Waals surface area (Å²) in [7, 11) is 0. The molecule has 0 aromatic heterocycles. The summed E-state index contributed by atoms with van der Waals surface area (Å²) in [5, 5.41) is 0. The average Bonchev–Trinajstić information content (AvgIpc) is 3.47. The van der Waals surface area contributed by atoms with Crippen molar-refractivity contribution >= 4 is 17.9 Å². The van der Waals surface area contributed by atoms with Gasteiger partial charge < -0.3 is 14.2 Å². The topological polar surface area (TPSA) is 78.9 Å². The van der Waals surface area contributed by atoms with Crippen LogP contribution in [0.3, 0.4) is 0 Å². The molecule has 0 aliphatic rings. The SMILES string of the molecule is CCCCCCCCC/C=C\CCCCCCCC(=O)OCC(COC(=O)CCCCCCCCCCCCCCCCCCCCCCCCCCCCCCCC)OC(=O)CCCCCCCCCCCCCCCCCCC. The zero-order valence-corrected chi connectivity index (χ0v) is 55.4. The van der Waals surface area contributed by atoms with Crippen LogP contribution in [0, 0.1) is 0 Å². The Balaban J connectivity index is 4.16. The molecule has 6 heteroatoms. The number of hydrogen-bond acceptors (Lipinski definition) is 6. The molecule has 0 saturated carbocycles. The molecule has 81 heavy (non-hydrogen) atoms. The third kappa shape index (κ3) is 68.8. The van der Waals surface area contributed by atoms with E-state index < -0.39 is 6.10 Å². The molecule has 0 fully saturated rings. The molecule has 0 rings (SSSR count). The Morgan fingerprint density at radius 2 is 0.407 bits per heavy atom. The number of carbonyl (C=O) groups excluding carboxylic acids is 3. The van der Waals surface area contributed by atoms with E-state index in [9.17, 15) is 14.4 Å². The Hall–Kier alpha value is -1.85. The molecule has 0 spiro atoms. The monoisotopic (exact) mass is 1140 g/mol. The van der Waals surface area contributed by atoms with E-state index in [-0.39, 0.29) is 31.1 Å². The summed E-state index contributed by atoms with van der Waals surface area (Å²) in [6.45, 7) is 6.73. The van der Waals surface area contributed by atoms with Crippen molar-refractivity contribution in [3.63, 3.8) is 0 Å². The van der Waals surface area contributed by atoms with Crippen LogP contribution in [-0.4, -0.2) is 37.2 Å². The van der Waals surface area contributed by atoms with Crippen LogP contribution in [0.25, 0.3) is 0 Å². The number of rotatable bonds is 70. The van der Waals surface area contributed by atoms with Crippen LogP contribution in [0.4, 0.5) is 0 Å². The first-order valence-electron chi connectivity index (χ1n) is 37.2. The van der Waals surface area contributed by atoms with E-state index in [1.54, 1.807) is 0 Å². The lowest BCUT2D eigenvalue weighted by Crippen LogP contribution is -2.30. The average molecular weight is 1140 g/mol. The lowest BCUT2D eigenvalue weighted by atomic mass is 10.0. The fourth-order valence-corrected chi connectivity index (χ4v) is 11.7. The molecule has 1 atom stereocenters. The highest BCUT2D eigenvalue weighted by Crippen LogP contribution is 2.20. The molecule has 1 unspecified atom stereocenters. The Bertz CT molecular complexity index is 1260. The first-order valence-corrected chi connectivity index (χ1v) is 37.2. The zero-order chi connectivity index (χ0) is 58.5. The molecule has 0 amide bonds. The molecule has 0 aliphatic carbocycles. The fourth-order valence-electron chi connectivity index (χ4n) is 11.7. The molecule has 0 aromatic carbocycles. The lowest BCUT2D eigenvalue weighted by molar-refractivity contribution is -0.167. The first-order chi connectivity index (χ1) is 40.0. The standard InChI is InChI=1S/C75H144O6/c1-4-7-10-13-16-19-22-25-28-31-32-33-34-35-36-37-38-39-40-41-42-43-45-47-50-53-56-59-62-65-68-74(77)80-71-72(70-79-73(76)67-64-61-58-55-52-49-46-30-27-24-21-18-15-12-9-6-3)81-75(78)69-66-63-60-57-54-51-48-44-29-26-23-20-17-14-11-8-5-2/h30,46,72H,4-29,31-45,47-71H2,1-3H3/b46-30-. The van der Waals surface area contributed by atoms with Gasteiger partial charge in [-0.15, -0.1) is 0 Å². The van der Waals surface area contributed by atoms with E-state index in [1.807, 2.05) is 0 Å². The second-order valence-corrected chi connectivity index (χ2v) is 25.6. The maximum absolute atomic E-state index is 12.9. The Labute approximate surface area is 507 Å². The van der Waals surface area contributed by atoms with E-state index in [0.717, 1.165) is 64.2 Å². The summed E-state index contributed by atoms with van der Waals surface area (Å²) in [6, 6.07) is 0. The minimum absolute atomic E-state index is 0.0655. The predicted octanol–water partition coefficient (Wildman–Crippen LogP) is 25.6. The van der Waals surface area contributed by atoms with Gasteiger partial charge in [0, 0.05) is 19.3 Å². The summed E-state index contributed by atoms with van der Waals surface area (Å²) in [6.07, 6.45) is 85.5. The van der Waals surface area contributed by atoms with Gasteiger partial charge in [-0.1, -0.05) is 380 Å². The molecule has 0 aromatic rings. The minimum Gasteiger partial charge on any atom is -0.462 e. The Morgan fingerprint density at radius 1 is 0.235 bits per heavy atom. The van der Waals surface area contributed by atoms with Gasteiger partial charge >= 0.3 is 17.9 Å². The van der Waals surface area contributed by atoms with Gasteiger partial charge in [0.15, 0.2) is 6.10 Å². The van der Waals surface area contributed by atoms with E-state index in [0.29, 0.717) is 19.3 Å². The van der Waals surface area contributed by atoms with Gasteiger partial charge in [0.05, 0.1) is 0 Å². The number of ether oxygens (including phenoxy) is 3. The second-order valence-electron chi connectivity index (χ2n) is 25.6. The maximum atomic E-state index is 12.9. The van der Waals surface area contributed by atoms with Crippen molar-refractivity contribution in [2.45, 2.75) is 438 Å². The van der Waals surface area contributed by atoms with Crippen LogP contribution < -0.4 is 0 Å². The number of unbranched alkanes of at least 4 members (excludes halogenated alkanes) is 57. The van der Waals surface area contributed by atoms with Gasteiger partial charge in [0.1, 0.15) is 13.2 Å². The quantitative estimate of drug-likeness (QED) is 0.0261. The molecule has 0 bridgehead atoms. The maximum Gasteiger partial charge on any atom is 0.306 e. The normalized spacial score (nSPS) is 12.0. The molecule has 0 heterocycles. The third-order valence-corrected chi connectivity index (χ3v) is 17.3. The summed E-state index contributed by atoms with van der Waals surface area (Å²) in [5.74, 6) is -0.837. The van der Waals surface area contributed by atoms with Gasteiger partial charge in [0.25, 0.3) is 0 Å². The van der Waals surface area contributed by atoms with Gasteiger partial charge in [-0.3, -0.25) is 14.4 Å². The lowest BCUT2D eigenvalue weighted by Gasteiger charge is -2.18. The number of hydrogen-bond donors (Lipinski definition) is 0. The highest BCUT2D eigenvalue weighted by atomic mass is 16.6. The van der Waals surface area contributed by atoms with Crippen molar-refractivity contribution in [1.29, 1.82) is 0 Å². The van der Waals surface area contributed by atoms with Crippen LogP contribution in [0.2, 0.25) is 0 Å². The molecular formula is C75H144O6. The summed E-state index contributed by atoms with van der Waals surface area (Å²) in [5.41, 5.74) is 0. The van der Waals surface area contributed by atoms with Crippen LogP contribution in [0.5, 0.6) is 0 Å². The number of carbonyl (C=O) groups is 3. The molecular weight excluding hydrogens is 997 g/mol. The number of allylic oxidation sites excluding steroid dienone is 2. The molecule has 0 saturated heterocycles. The van der Waals surface area contributed by atoms with Gasteiger partial charge in [-0.05, 0) is 44.9 Å². The number of esters is 3. The van der Waals surface area contributed by atoms with Crippen LogP contribution in [0.15, 0.2) is 12.2 Å². The van der Waals surface area contributed by atoms with Crippen LogP contribution in [0.1, 0.15) is 432 Å². The fraction of sp³-hybridized carbons (Fsp3) is 0.933. The smallest absolute Gasteiger partial charge is 0.306 e. The molecule has 480 valence electrons. The summed E-state index contributed by atoms with van der Waals surface area (Å²) < 4.78 is 17.0. The van der Waals surface area contributed by atoms with Crippen molar-refractivity contribution in [3.8, 4) is 0 Å². The van der Waals surface area contributed by atoms with Crippen molar-refractivity contribution in [2.75, 3.05) is 13.2 Å². The summed E-state index contributed by atoms with van der Waals surface area (Å²) >= 11 is 0. The molecule has 0 aliphatic heterocycles. The highest BCUT2D eigenvalue weighted by Gasteiger charge is 2.20. The van der Waals surface area contributed by atoms with Gasteiger partial charge in [0.2, 0.25) is 0 Å². The van der Waals surface area contributed by atoms with E-state index >= 15 is 0 Å². The molecule has 0 radical (unpaired) electrons. The second kappa shape index (κ2) is 70.6. The van der Waals surface area contributed by atoms with E-state index in [4.69, 9.17) is 14.2 Å². The van der Waals surface area contributed by atoms with Crippen molar-refractivity contribution in [2.24, 2.45) is 0 Å². The van der Waals surface area contributed by atoms with Crippen LogP contribution in [-0.2, 0) is 28.6 Å². The van der Waals surface area contributed by atoms with E-state index in [1.165, 1.54) is 327 Å². The molecule has 0 N–H and O–H groups in total. The predicted molar refractivity (Wildman–Crippen MR) is 353 cm³/mol. The minimum atomic E-state index is -0.770. The van der Waals surface area contributed by atoms with Crippen molar-refractivity contribution in [3.05, 3.63) is 12.2 Å². The van der Waals surface area contributed by atoms with Gasteiger partial charge in [-0.25, -0.2) is 0 Å². The van der Waals surface area contributed by atoms with E-state index in [2.05, 4.69) is 32.9 Å². The summed E-state index contributed by atoms with van der Waals surface area (Å²) in [4.78, 5) is 38.5. The van der Waals surface area contributed by atoms with Gasteiger partial charge in [-0.2, -0.15) is 0 Å². The third-order valence-electron chi connectivity index (χ3n) is 17.3. The Morgan fingerprint density at radius 3 is 0.617 bits per heavy atom. The van der Waals surface area contributed by atoms with Crippen molar-refractivity contribution < 1.29 is 28.6 Å². The largest absolute Gasteiger partial charge is 0.462 e. The first kappa shape index (κ1) is 79.2. The van der Waals surface area contributed by atoms with Crippen molar-refractivity contribution in [1.82, 2.24) is 0 Å². The Kier molecular flexibility index (Phi) is 69.0. The molecule has 6 nitrogen and oxygen atoms in total. The van der Waals surface area contributed by atoms with Crippen LogP contribution >= 0.6 is 0 Å². The zero-order valence-electron chi connectivity index (χ0n) is 55.4. The highest BCUT2D eigenvalue weighted by molar-refractivity contribution is 5.71.